The molecule has 3 rings (SSSR count). The number of carbonyl (C=O) groups is 2. The minimum atomic E-state index is -1.70. The molecule has 0 aromatic carbocycles. The molecular weight excluding hydrogens is 404 g/mol. The molecule has 3 heterocycles. The topological polar surface area (TPSA) is 198 Å². The maximum Gasteiger partial charge on any atom is 0.319 e. The molecule has 5 unspecified atom stereocenters. The fourth-order valence-electron chi connectivity index (χ4n) is 4.22. The quantitative estimate of drug-likeness (QED) is 0.214. The Balaban J connectivity index is 2.03. The molecule has 2 amide bonds. The number of nitrogens with one attached hydrogen (secondary N) is 2. The number of rotatable bonds is 5. The summed E-state index contributed by atoms with van der Waals surface area (Å²) in [5, 5.41) is 65.4. The molecule has 8 N–H and O–H groups in total. The Labute approximate surface area is 172 Å². The summed E-state index contributed by atoms with van der Waals surface area (Å²) in [4.78, 5) is 24.8. The fourth-order valence-corrected chi connectivity index (χ4v) is 4.22. The van der Waals surface area contributed by atoms with E-state index in [-0.39, 0.29) is 11.3 Å². The van der Waals surface area contributed by atoms with Gasteiger partial charge in [0.1, 0.15) is 48.8 Å². The number of carbonyl (C=O) groups excluding carboxylic acids is 2. The van der Waals surface area contributed by atoms with E-state index in [1.807, 2.05) is 0 Å². The highest BCUT2D eigenvalue weighted by Gasteiger charge is 2.52. The molecule has 12 heteroatoms. The second kappa shape index (κ2) is 8.85. The van der Waals surface area contributed by atoms with Crippen molar-refractivity contribution >= 4 is 11.8 Å². The Hall–Kier alpha value is -1.64. The molecule has 12 nitrogen and oxygen atoms in total. The Bertz CT molecular complexity index is 713. The second-order valence-electron chi connectivity index (χ2n) is 7.74. The van der Waals surface area contributed by atoms with Crippen LogP contribution in [0, 0.1) is 0 Å². The average Bonchev–Trinajstić information content (AvgIpc) is 2.99. The molecule has 0 bridgehead atoms. The molecule has 10 atom stereocenters. The van der Waals surface area contributed by atoms with Crippen LogP contribution in [0.5, 0.6) is 0 Å². The molecular formula is C18H28N2O10. The Morgan fingerprint density at radius 2 is 1.60 bits per heavy atom. The van der Waals surface area contributed by atoms with Gasteiger partial charge in [0.25, 0.3) is 0 Å². The maximum absolute atomic E-state index is 12.5. The van der Waals surface area contributed by atoms with E-state index in [4.69, 9.17) is 9.47 Å². The lowest BCUT2D eigenvalue weighted by Gasteiger charge is -2.45. The number of Topliss-reactive ketones (excluding diaryl/α,β-unsaturated/α-hetero) is 1. The zero-order chi connectivity index (χ0) is 22.3. The fraction of sp³-hybridized carbons (Fsp3) is 0.778. The smallest absolute Gasteiger partial charge is 0.319 e. The Morgan fingerprint density at radius 3 is 2.13 bits per heavy atom. The van der Waals surface area contributed by atoms with Crippen LogP contribution in [0.25, 0.3) is 0 Å². The zero-order valence-corrected chi connectivity index (χ0v) is 16.5. The van der Waals surface area contributed by atoms with Crippen LogP contribution in [0.1, 0.15) is 20.3 Å². The third-order valence-electron chi connectivity index (χ3n) is 5.82. The largest absolute Gasteiger partial charge is 0.394 e. The van der Waals surface area contributed by atoms with E-state index in [2.05, 4.69) is 10.6 Å². The van der Waals surface area contributed by atoms with Crippen molar-refractivity contribution in [2.24, 2.45) is 0 Å². The third-order valence-corrected chi connectivity index (χ3v) is 5.82. The van der Waals surface area contributed by atoms with Gasteiger partial charge in [-0.05, 0) is 13.3 Å². The van der Waals surface area contributed by atoms with Crippen LogP contribution in [0.2, 0.25) is 0 Å². The molecule has 2 fully saturated rings. The van der Waals surface area contributed by atoms with E-state index in [1.54, 1.807) is 6.92 Å². The number of aliphatic hydroxyl groups is 6. The van der Waals surface area contributed by atoms with Gasteiger partial charge in [-0.2, -0.15) is 0 Å². The molecule has 0 aliphatic carbocycles. The van der Waals surface area contributed by atoms with Crippen molar-refractivity contribution in [2.75, 3.05) is 6.61 Å². The number of aliphatic hydroxyl groups excluding tert-OH is 6. The van der Waals surface area contributed by atoms with Gasteiger partial charge in [-0.1, -0.05) is 6.92 Å². The molecule has 3 aliphatic heterocycles. The lowest BCUT2D eigenvalue weighted by molar-refractivity contribution is -0.232. The minimum Gasteiger partial charge on any atom is -0.394 e. The maximum atomic E-state index is 12.5. The molecule has 0 saturated carbocycles. The van der Waals surface area contributed by atoms with Crippen LogP contribution in [0.4, 0.5) is 4.79 Å². The number of amides is 2. The molecule has 0 aromatic heterocycles. The summed E-state index contributed by atoms with van der Waals surface area (Å²) in [6, 6.07) is -2.08. The monoisotopic (exact) mass is 432 g/mol. The summed E-state index contributed by atoms with van der Waals surface area (Å²) in [6.45, 7) is 2.25. The van der Waals surface area contributed by atoms with Crippen molar-refractivity contribution in [2.45, 2.75) is 81.2 Å². The van der Waals surface area contributed by atoms with Crippen LogP contribution in [-0.2, 0) is 14.3 Å². The van der Waals surface area contributed by atoms with E-state index in [1.165, 1.54) is 6.92 Å². The third kappa shape index (κ3) is 3.85. The first-order valence-electron chi connectivity index (χ1n) is 9.76. The molecule has 3 aliphatic rings. The van der Waals surface area contributed by atoms with Gasteiger partial charge in [0, 0.05) is 5.57 Å². The first kappa shape index (κ1) is 23.0. The predicted octanol–water partition coefficient (Wildman–Crippen LogP) is -3.75. The highest BCUT2D eigenvalue weighted by molar-refractivity contribution is 5.98. The summed E-state index contributed by atoms with van der Waals surface area (Å²) in [5.41, 5.74) is -0.178. The van der Waals surface area contributed by atoms with Gasteiger partial charge in [0.2, 0.25) is 0 Å². The lowest BCUT2D eigenvalue weighted by atomic mass is 9.84. The minimum absolute atomic E-state index is 0.0873. The summed E-state index contributed by atoms with van der Waals surface area (Å²) in [5.74, 6) is -0.551. The molecule has 0 radical (unpaired) electrons. The van der Waals surface area contributed by atoms with Gasteiger partial charge in [0.15, 0.2) is 5.78 Å². The van der Waals surface area contributed by atoms with Crippen LogP contribution in [0.15, 0.2) is 11.3 Å². The summed E-state index contributed by atoms with van der Waals surface area (Å²) < 4.78 is 11.2. The standard InChI is InChI=1S/C18H28N2O10/c1-3-6-11(23)14(26)16(29-6)9-8(5(2)22)10(20-18(28)19-9)17-15(27)13(25)12(24)7(4-21)30-17/h6-7,10-17,21,23-27H,3-4H2,1-2H3,(H2,19,20,28)/t6?,7-,10?,11?,12-,13+,14?,15+,16?,17-/m1/s1. The Morgan fingerprint density at radius 1 is 0.967 bits per heavy atom. The second-order valence-corrected chi connectivity index (χ2v) is 7.74. The highest BCUT2D eigenvalue weighted by atomic mass is 16.6. The number of hydrogen-bond acceptors (Lipinski definition) is 10. The average molecular weight is 432 g/mol. The van der Waals surface area contributed by atoms with Gasteiger partial charge in [-0.15, -0.1) is 0 Å². The van der Waals surface area contributed by atoms with Gasteiger partial charge in [-0.25, -0.2) is 4.79 Å². The van der Waals surface area contributed by atoms with Gasteiger partial charge in [-0.3, -0.25) is 4.79 Å². The van der Waals surface area contributed by atoms with Gasteiger partial charge < -0.3 is 50.7 Å². The van der Waals surface area contributed by atoms with Crippen molar-refractivity contribution < 1.29 is 49.7 Å². The van der Waals surface area contributed by atoms with E-state index >= 15 is 0 Å². The number of hydrogen-bond donors (Lipinski definition) is 8. The van der Waals surface area contributed by atoms with Crippen LogP contribution >= 0.6 is 0 Å². The Kier molecular flexibility index (Phi) is 6.79. The van der Waals surface area contributed by atoms with Gasteiger partial charge in [0.05, 0.1) is 24.4 Å². The van der Waals surface area contributed by atoms with Crippen LogP contribution in [-0.4, -0.2) is 110 Å². The molecule has 2 saturated heterocycles. The van der Waals surface area contributed by atoms with Crippen molar-refractivity contribution in [1.82, 2.24) is 10.6 Å². The molecule has 30 heavy (non-hydrogen) atoms. The van der Waals surface area contributed by atoms with Crippen molar-refractivity contribution in [3.05, 3.63) is 11.3 Å². The summed E-state index contributed by atoms with van der Waals surface area (Å²) in [6.07, 6.45) is -11.9. The van der Waals surface area contributed by atoms with Crippen LogP contribution < -0.4 is 10.6 Å². The molecule has 170 valence electrons. The normalized spacial score (nSPS) is 44.6. The first-order valence-corrected chi connectivity index (χ1v) is 9.76. The zero-order valence-electron chi connectivity index (χ0n) is 16.5. The van der Waals surface area contributed by atoms with E-state index < -0.39 is 79.4 Å². The van der Waals surface area contributed by atoms with Crippen molar-refractivity contribution in [3.8, 4) is 0 Å². The van der Waals surface area contributed by atoms with E-state index in [0.29, 0.717) is 6.42 Å². The molecule has 0 spiro atoms. The van der Waals surface area contributed by atoms with Crippen molar-refractivity contribution in [3.63, 3.8) is 0 Å². The van der Waals surface area contributed by atoms with E-state index in [9.17, 15) is 40.2 Å². The molecule has 0 aromatic rings. The van der Waals surface area contributed by atoms with Crippen LogP contribution in [0.3, 0.4) is 0 Å². The number of ketones is 1. The number of urea groups is 1. The van der Waals surface area contributed by atoms with Crippen molar-refractivity contribution in [1.29, 1.82) is 0 Å². The number of ether oxygens (including phenoxy) is 2. The highest BCUT2D eigenvalue weighted by Crippen LogP contribution is 2.33. The SMILES string of the molecule is CCC1OC(C2=C(C(C)=O)C([C@H]3O[C@H](CO)[C@@H](O)[C@H](O)[C@@H]3O)NC(=O)N2)C(O)C1O. The predicted molar refractivity (Wildman–Crippen MR) is 97.9 cm³/mol. The lowest BCUT2D eigenvalue weighted by Crippen LogP contribution is -2.67. The van der Waals surface area contributed by atoms with Gasteiger partial charge >= 0.3 is 6.03 Å². The first-order chi connectivity index (χ1) is 14.1. The summed E-state index contributed by atoms with van der Waals surface area (Å²) in [7, 11) is 0. The summed E-state index contributed by atoms with van der Waals surface area (Å²) >= 11 is 0. The van der Waals surface area contributed by atoms with E-state index in [0.717, 1.165) is 0 Å².